The molecule has 1 aliphatic heterocycles. The number of halogens is 2. The van der Waals surface area contributed by atoms with Crippen molar-refractivity contribution in [2.45, 2.75) is 18.5 Å². The van der Waals surface area contributed by atoms with Crippen LogP contribution in [0.3, 0.4) is 0 Å². The van der Waals surface area contributed by atoms with Gasteiger partial charge in [0.25, 0.3) is 0 Å². The van der Waals surface area contributed by atoms with E-state index in [0.717, 1.165) is 31.9 Å². The van der Waals surface area contributed by atoms with E-state index in [1.165, 1.54) is 16.7 Å². The Hall–Kier alpha value is -2.04. The van der Waals surface area contributed by atoms with E-state index < -0.39 is 0 Å². The van der Waals surface area contributed by atoms with Crippen molar-refractivity contribution >= 4 is 24.8 Å². The summed E-state index contributed by atoms with van der Waals surface area (Å²) in [5, 5.41) is 0. The molecule has 1 aliphatic rings. The number of likely N-dealkylation sites (N-methyl/N-ethyl adjacent to an activating group) is 1. The van der Waals surface area contributed by atoms with E-state index in [-0.39, 0.29) is 24.8 Å². The summed E-state index contributed by atoms with van der Waals surface area (Å²) in [6.45, 7) is 4.09. The van der Waals surface area contributed by atoms with Gasteiger partial charge in [-0.15, -0.1) is 24.8 Å². The van der Waals surface area contributed by atoms with Crippen LogP contribution < -0.4 is 4.74 Å². The fourth-order valence-electron chi connectivity index (χ4n) is 4.50. The van der Waals surface area contributed by atoms with E-state index in [1.54, 1.807) is 7.11 Å². The normalized spacial score (nSPS) is 16.9. The molecule has 0 radical (unpaired) electrons. The molecule has 1 saturated heterocycles. The minimum Gasteiger partial charge on any atom is -0.496 e. The minimum absolute atomic E-state index is 0. The van der Waals surface area contributed by atoms with E-state index in [4.69, 9.17) is 4.74 Å². The Morgan fingerprint density at radius 1 is 0.806 bits per heavy atom. The van der Waals surface area contributed by atoms with Crippen molar-refractivity contribution < 1.29 is 4.74 Å². The molecule has 0 spiro atoms. The Bertz CT molecular complexity index is 868. The average molecular weight is 459 g/mol. The van der Waals surface area contributed by atoms with Gasteiger partial charge in [-0.2, -0.15) is 0 Å². The van der Waals surface area contributed by atoms with Gasteiger partial charge in [0.2, 0.25) is 0 Å². The molecule has 1 fully saturated rings. The summed E-state index contributed by atoms with van der Waals surface area (Å²) in [5.74, 6) is 1.33. The number of hydrogen-bond acceptors (Lipinski definition) is 3. The maximum Gasteiger partial charge on any atom is 0.123 e. The van der Waals surface area contributed by atoms with Crippen LogP contribution in [0.5, 0.6) is 5.75 Å². The smallest absolute Gasteiger partial charge is 0.123 e. The Balaban J connectivity index is 0.00000171. The fourth-order valence-corrected chi connectivity index (χ4v) is 4.50. The van der Waals surface area contributed by atoms with Crippen LogP contribution in [0.4, 0.5) is 0 Å². The molecule has 0 bridgehead atoms. The van der Waals surface area contributed by atoms with Crippen LogP contribution in [0, 0.1) is 0 Å². The van der Waals surface area contributed by atoms with Crippen molar-refractivity contribution in [1.82, 2.24) is 9.80 Å². The molecule has 3 nitrogen and oxygen atoms in total. The second kappa shape index (κ2) is 12.1. The average Bonchev–Trinajstić information content (AvgIpc) is 2.78. The van der Waals surface area contributed by atoms with E-state index in [9.17, 15) is 0 Å². The third-order valence-electron chi connectivity index (χ3n) is 6.07. The van der Waals surface area contributed by atoms with Crippen molar-refractivity contribution in [1.29, 1.82) is 0 Å². The lowest BCUT2D eigenvalue weighted by molar-refractivity contribution is 0.0810. The molecule has 4 rings (SSSR count). The molecule has 166 valence electrons. The molecular formula is C26H32Cl2N2O. The van der Waals surface area contributed by atoms with Gasteiger partial charge in [-0.05, 0) is 24.2 Å². The number of piperazine rings is 1. The molecule has 0 saturated carbocycles. The minimum atomic E-state index is 0. The zero-order valence-corrected chi connectivity index (χ0v) is 19.8. The number of hydrogen-bond donors (Lipinski definition) is 0. The highest BCUT2D eigenvalue weighted by molar-refractivity contribution is 5.85. The predicted molar refractivity (Wildman–Crippen MR) is 134 cm³/mol. The zero-order valence-electron chi connectivity index (χ0n) is 18.2. The third kappa shape index (κ3) is 6.02. The van der Waals surface area contributed by atoms with Crippen molar-refractivity contribution in [2.24, 2.45) is 0 Å². The first kappa shape index (κ1) is 25.2. The quantitative estimate of drug-likeness (QED) is 0.485. The molecule has 3 aromatic rings. The molecule has 0 aliphatic carbocycles. The van der Waals surface area contributed by atoms with Gasteiger partial charge in [0.15, 0.2) is 0 Å². The van der Waals surface area contributed by atoms with Crippen LogP contribution >= 0.6 is 24.8 Å². The Morgan fingerprint density at radius 2 is 1.35 bits per heavy atom. The van der Waals surface area contributed by atoms with Crippen LogP contribution in [0.25, 0.3) is 0 Å². The highest BCUT2D eigenvalue weighted by atomic mass is 35.5. The largest absolute Gasteiger partial charge is 0.496 e. The van der Waals surface area contributed by atoms with E-state index in [2.05, 4.69) is 95.7 Å². The summed E-state index contributed by atoms with van der Waals surface area (Å²) in [6, 6.07) is 30.7. The van der Waals surface area contributed by atoms with Crippen LogP contribution in [0.2, 0.25) is 0 Å². The maximum absolute atomic E-state index is 5.58. The van der Waals surface area contributed by atoms with Crippen molar-refractivity contribution in [3.63, 3.8) is 0 Å². The molecule has 0 unspecified atom stereocenters. The van der Waals surface area contributed by atoms with Gasteiger partial charge in [0.05, 0.1) is 7.11 Å². The second-order valence-electron chi connectivity index (χ2n) is 7.89. The fraction of sp³-hybridized carbons (Fsp3) is 0.308. The van der Waals surface area contributed by atoms with Gasteiger partial charge in [0, 0.05) is 43.7 Å². The predicted octanol–water partition coefficient (Wildman–Crippen LogP) is 5.49. The lowest BCUT2D eigenvalue weighted by atomic mass is 9.83. The molecule has 31 heavy (non-hydrogen) atoms. The molecule has 1 atom stereocenters. The van der Waals surface area contributed by atoms with Crippen LogP contribution in [-0.2, 0) is 6.54 Å². The first-order chi connectivity index (χ1) is 14.3. The number of rotatable bonds is 6. The number of methoxy groups -OCH3 is 1. The van der Waals surface area contributed by atoms with Gasteiger partial charge in [-0.25, -0.2) is 0 Å². The second-order valence-corrected chi connectivity index (χ2v) is 7.89. The summed E-state index contributed by atoms with van der Waals surface area (Å²) < 4.78 is 5.58. The molecule has 0 amide bonds. The summed E-state index contributed by atoms with van der Waals surface area (Å²) in [5.41, 5.74) is 4.03. The standard InChI is InChI=1S/C26H30N2O.2ClH/c1-27-17-18-28(19-23-15-9-10-16-25(23)29-2)20-24(27)26(21-11-5-3-6-12-21)22-13-7-4-8-14-22;;/h3-16,24,26H,17-20H2,1-2H3;2*1H/t24-;;/m1../s1. The third-order valence-corrected chi connectivity index (χ3v) is 6.07. The van der Waals surface area contributed by atoms with Gasteiger partial charge < -0.3 is 4.74 Å². The molecule has 0 N–H and O–H groups in total. The maximum atomic E-state index is 5.58. The molecule has 5 heteroatoms. The molecule has 0 aromatic heterocycles. The Morgan fingerprint density at radius 3 is 1.94 bits per heavy atom. The summed E-state index contributed by atoms with van der Waals surface area (Å²) in [6.07, 6.45) is 0. The highest BCUT2D eigenvalue weighted by Gasteiger charge is 2.33. The van der Waals surface area contributed by atoms with Crippen LogP contribution in [0.1, 0.15) is 22.6 Å². The van der Waals surface area contributed by atoms with Gasteiger partial charge in [-0.3, -0.25) is 9.80 Å². The first-order valence-corrected chi connectivity index (χ1v) is 10.4. The first-order valence-electron chi connectivity index (χ1n) is 10.4. The Labute approximate surface area is 198 Å². The summed E-state index contributed by atoms with van der Waals surface area (Å²) >= 11 is 0. The van der Waals surface area contributed by atoms with Gasteiger partial charge in [0.1, 0.15) is 5.75 Å². The number of para-hydroxylation sites is 1. The zero-order chi connectivity index (χ0) is 20.1. The number of nitrogens with zero attached hydrogens (tertiary/aromatic N) is 2. The van der Waals surface area contributed by atoms with Crippen molar-refractivity contribution in [2.75, 3.05) is 33.8 Å². The summed E-state index contributed by atoms with van der Waals surface area (Å²) in [4.78, 5) is 5.10. The lowest BCUT2D eigenvalue weighted by Crippen LogP contribution is -2.53. The van der Waals surface area contributed by atoms with E-state index in [1.807, 2.05) is 6.07 Å². The van der Waals surface area contributed by atoms with Gasteiger partial charge >= 0.3 is 0 Å². The molecule has 3 aromatic carbocycles. The monoisotopic (exact) mass is 458 g/mol. The SMILES string of the molecule is COc1ccccc1CN1CCN(C)[C@@H](C(c2ccccc2)c2ccccc2)C1.Cl.Cl. The number of ether oxygens (including phenoxy) is 1. The molecule has 1 heterocycles. The molecular weight excluding hydrogens is 427 g/mol. The van der Waals surface area contributed by atoms with Crippen molar-refractivity contribution in [3.8, 4) is 5.75 Å². The van der Waals surface area contributed by atoms with E-state index in [0.29, 0.717) is 12.0 Å². The Kier molecular flexibility index (Phi) is 9.86. The van der Waals surface area contributed by atoms with E-state index >= 15 is 0 Å². The lowest BCUT2D eigenvalue weighted by Gasteiger charge is -2.43. The van der Waals surface area contributed by atoms with Gasteiger partial charge in [-0.1, -0.05) is 78.9 Å². The van der Waals surface area contributed by atoms with Crippen molar-refractivity contribution in [3.05, 3.63) is 102 Å². The topological polar surface area (TPSA) is 15.7 Å². The highest BCUT2D eigenvalue weighted by Crippen LogP contribution is 2.33. The summed E-state index contributed by atoms with van der Waals surface area (Å²) in [7, 11) is 4.02. The number of benzene rings is 3. The van der Waals surface area contributed by atoms with Crippen LogP contribution in [0.15, 0.2) is 84.9 Å². The van der Waals surface area contributed by atoms with Crippen LogP contribution in [-0.4, -0.2) is 49.6 Å².